The number of hydrogen-bond acceptors (Lipinski definition) is 1. The standard InChI is InChI=1S/C24H41N/c1-8-12-21(16-19-25-23(4,5)6)20(10-3)14-15-22-13-11-18-24(22,7)17-9-2/h8,10,12,16,19,22H,9,11,13-15,17-18H2,1-7H3/b12-8-,20-10+,21-16+,25-19-. The van der Waals surface area contributed by atoms with E-state index in [4.69, 9.17) is 0 Å². The first-order valence-corrected chi connectivity index (χ1v) is 10.3. The lowest BCUT2D eigenvalue weighted by Crippen LogP contribution is -2.21. The average Bonchev–Trinajstić information content (AvgIpc) is 2.87. The molecule has 1 rings (SSSR count). The number of aliphatic imine (C=N–C) groups is 1. The van der Waals surface area contributed by atoms with Crippen LogP contribution in [0, 0.1) is 11.3 Å². The Balaban J connectivity index is 2.82. The Kier molecular flexibility index (Phi) is 8.89. The summed E-state index contributed by atoms with van der Waals surface area (Å²) in [5.41, 5.74) is 3.34. The van der Waals surface area contributed by atoms with Gasteiger partial charge in [-0.3, -0.25) is 4.99 Å². The third kappa shape index (κ3) is 7.34. The SMILES string of the molecule is C\C=C/C(=C\C=N/C(C)(C)C)C(=C/C)/CCC1CCCC1(C)CCC. The highest BCUT2D eigenvalue weighted by Gasteiger charge is 2.37. The molecule has 0 aromatic rings. The lowest BCUT2D eigenvalue weighted by Gasteiger charge is -2.32. The third-order valence-corrected chi connectivity index (χ3v) is 5.65. The van der Waals surface area contributed by atoms with Gasteiger partial charge in [0.15, 0.2) is 0 Å². The van der Waals surface area contributed by atoms with Crippen LogP contribution in [-0.2, 0) is 0 Å². The highest BCUT2D eigenvalue weighted by molar-refractivity contribution is 5.75. The van der Waals surface area contributed by atoms with Gasteiger partial charge in [-0.2, -0.15) is 0 Å². The van der Waals surface area contributed by atoms with Crippen molar-refractivity contribution in [3.63, 3.8) is 0 Å². The first-order chi connectivity index (χ1) is 11.8. The van der Waals surface area contributed by atoms with Gasteiger partial charge in [-0.05, 0) is 95.3 Å². The van der Waals surface area contributed by atoms with Crippen LogP contribution in [0.15, 0.2) is 40.4 Å². The summed E-state index contributed by atoms with van der Waals surface area (Å²) in [6, 6.07) is 0. The predicted molar refractivity (Wildman–Crippen MR) is 114 cm³/mol. The smallest absolute Gasteiger partial charge is 0.0524 e. The lowest BCUT2D eigenvalue weighted by molar-refractivity contribution is 0.197. The summed E-state index contributed by atoms with van der Waals surface area (Å²) in [6.07, 6.45) is 20.3. The molecule has 1 aliphatic carbocycles. The van der Waals surface area contributed by atoms with Crippen LogP contribution in [0.1, 0.15) is 93.4 Å². The van der Waals surface area contributed by atoms with Gasteiger partial charge >= 0.3 is 0 Å². The van der Waals surface area contributed by atoms with E-state index in [0.717, 1.165) is 5.92 Å². The highest BCUT2D eigenvalue weighted by Crippen LogP contribution is 2.49. The van der Waals surface area contributed by atoms with E-state index in [1.54, 1.807) is 0 Å². The Bertz CT molecular complexity index is 513. The number of rotatable bonds is 8. The van der Waals surface area contributed by atoms with Gasteiger partial charge in [-0.25, -0.2) is 0 Å². The first kappa shape index (κ1) is 21.9. The van der Waals surface area contributed by atoms with E-state index >= 15 is 0 Å². The maximum atomic E-state index is 4.62. The van der Waals surface area contributed by atoms with E-state index in [-0.39, 0.29) is 5.54 Å². The summed E-state index contributed by atoms with van der Waals surface area (Å²) in [6.45, 7) is 15.5. The molecule has 0 aromatic carbocycles. The summed E-state index contributed by atoms with van der Waals surface area (Å²) in [5.74, 6) is 0.887. The lowest BCUT2D eigenvalue weighted by atomic mass is 9.73. The predicted octanol–water partition coefficient (Wildman–Crippen LogP) is 7.69. The highest BCUT2D eigenvalue weighted by atomic mass is 14.8. The summed E-state index contributed by atoms with van der Waals surface area (Å²) >= 11 is 0. The second kappa shape index (κ2) is 10.1. The summed E-state index contributed by atoms with van der Waals surface area (Å²) in [5, 5.41) is 0. The molecule has 0 bridgehead atoms. The fourth-order valence-electron chi connectivity index (χ4n) is 4.27. The van der Waals surface area contributed by atoms with Crippen molar-refractivity contribution < 1.29 is 0 Å². The van der Waals surface area contributed by atoms with Gasteiger partial charge in [0, 0.05) is 6.21 Å². The summed E-state index contributed by atoms with van der Waals surface area (Å²) < 4.78 is 0. The van der Waals surface area contributed by atoms with Crippen LogP contribution in [0.5, 0.6) is 0 Å². The van der Waals surface area contributed by atoms with Gasteiger partial charge in [-0.15, -0.1) is 0 Å². The molecular weight excluding hydrogens is 302 g/mol. The zero-order chi connectivity index (χ0) is 18.9. The summed E-state index contributed by atoms with van der Waals surface area (Å²) in [4.78, 5) is 4.62. The molecule has 25 heavy (non-hydrogen) atoms. The molecular formula is C24H41N. The minimum Gasteiger partial charge on any atom is -0.287 e. The van der Waals surface area contributed by atoms with Crippen LogP contribution in [0.3, 0.4) is 0 Å². The fourth-order valence-corrected chi connectivity index (χ4v) is 4.27. The second-order valence-corrected chi connectivity index (χ2v) is 8.92. The number of allylic oxidation sites excluding steroid dienone is 6. The van der Waals surface area contributed by atoms with Crippen molar-refractivity contribution in [3.05, 3.63) is 35.5 Å². The van der Waals surface area contributed by atoms with Crippen molar-refractivity contribution >= 4 is 6.21 Å². The minimum absolute atomic E-state index is 0.0144. The Hall–Kier alpha value is -1.11. The molecule has 2 unspecified atom stereocenters. The minimum atomic E-state index is -0.0144. The van der Waals surface area contributed by atoms with E-state index in [1.807, 2.05) is 6.21 Å². The summed E-state index contributed by atoms with van der Waals surface area (Å²) in [7, 11) is 0. The molecule has 0 amide bonds. The van der Waals surface area contributed by atoms with Gasteiger partial charge in [-0.1, -0.05) is 44.9 Å². The Morgan fingerprint density at radius 3 is 2.52 bits per heavy atom. The van der Waals surface area contributed by atoms with Crippen LogP contribution < -0.4 is 0 Å². The van der Waals surface area contributed by atoms with Crippen molar-refractivity contribution in [1.29, 1.82) is 0 Å². The third-order valence-electron chi connectivity index (χ3n) is 5.65. The molecule has 1 aliphatic rings. The molecule has 1 fully saturated rings. The fraction of sp³-hybridized carbons (Fsp3) is 0.708. The van der Waals surface area contributed by atoms with Crippen LogP contribution in [0.2, 0.25) is 0 Å². The number of nitrogens with zero attached hydrogens (tertiary/aromatic N) is 1. The van der Waals surface area contributed by atoms with Gasteiger partial charge in [0.05, 0.1) is 5.54 Å². The van der Waals surface area contributed by atoms with Crippen LogP contribution in [0.4, 0.5) is 0 Å². The zero-order valence-corrected chi connectivity index (χ0v) is 17.9. The molecule has 0 heterocycles. The van der Waals surface area contributed by atoms with Crippen LogP contribution in [-0.4, -0.2) is 11.8 Å². The Morgan fingerprint density at radius 1 is 1.24 bits per heavy atom. The second-order valence-electron chi connectivity index (χ2n) is 8.92. The van der Waals surface area contributed by atoms with Crippen molar-refractivity contribution in [3.8, 4) is 0 Å². The molecule has 2 atom stereocenters. The average molecular weight is 344 g/mol. The molecule has 0 spiro atoms. The van der Waals surface area contributed by atoms with Crippen LogP contribution in [0.25, 0.3) is 0 Å². The Labute approximate surface area is 157 Å². The van der Waals surface area contributed by atoms with Gasteiger partial charge < -0.3 is 0 Å². The molecule has 1 nitrogen and oxygen atoms in total. The van der Waals surface area contributed by atoms with E-state index in [0.29, 0.717) is 5.41 Å². The van der Waals surface area contributed by atoms with Gasteiger partial charge in [0.25, 0.3) is 0 Å². The molecule has 0 aliphatic heterocycles. The quantitative estimate of drug-likeness (QED) is 0.316. The first-order valence-electron chi connectivity index (χ1n) is 10.3. The van der Waals surface area contributed by atoms with Crippen molar-refractivity contribution in [2.24, 2.45) is 16.3 Å². The monoisotopic (exact) mass is 343 g/mol. The van der Waals surface area contributed by atoms with E-state index in [9.17, 15) is 0 Å². The molecule has 0 radical (unpaired) electrons. The molecule has 0 N–H and O–H groups in total. The maximum Gasteiger partial charge on any atom is 0.0524 e. The molecule has 0 aromatic heterocycles. The Morgan fingerprint density at radius 2 is 1.96 bits per heavy atom. The molecule has 1 saturated carbocycles. The molecule has 0 saturated heterocycles. The number of hydrogen-bond donors (Lipinski definition) is 0. The van der Waals surface area contributed by atoms with E-state index < -0.39 is 0 Å². The topological polar surface area (TPSA) is 12.4 Å². The van der Waals surface area contributed by atoms with Crippen molar-refractivity contribution in [2.75, 3.05) is 0 Å². The van der Waals surface area contributed by atoms with Gasteiger partial charge in [0.1, 0.15) is 0 Å². The van der Waals surface area contributed by atoms with Crippen LogP contribution >= 0.6 is 0 Å². The largest absolute Gasteiger partial charge is 0.287 e. The molecule has 142 valence electrons. The zero-order valence-electron chi connectivity index (χ0n) is 17.9. The van der Waals surface area contributed by atoms with Crippen molar-refractivity contribution in [1.82, 2.24) is 0 Å². The van der Waals surface area contributed by atoms with Crippen molar-refractivity contribution in [2.45, 2.75) is 99.0 Å². The normalized spacial score (nSPS) is 26.3. The van der Waals surface area contributed by atoms with Gasteiger partial charge in [0.2, 0.25) is 0 Å². The molecule has 1 heteroatoms. The van der Waals surface area contributed by atoms with E-state index in [1.165, 1.54) is 56.1 Å². The maximum absolute atomic E-state index is 4.62. The van der Waals surface area contributed by atoms with E-state index in [2.05, 4.69) is 77.8 Å².